The summed E-state index contributed by atoms with van der Waals surface area (Å²) >= 11 is 1.08. The topological polar surface area (TPSA) is 98.5 Å². The van der Waals surface area contributed by atoms with Gasteiger partial charge in [0.15, 0.2) is 0 Å². The molecule has 1 aliphatic carbocycles. The summed E-state index contributed by atoms with van der Waals surface area (Å²) in [5, 5.41) is 1.65. The maximum absolute atomic E-state index is 12.6. The molecular weight excluding hydrogens is 312 g/mol. The van der Waals surface area contributed by atoms with E-state index in [-0.39, 0.29) is 21.9 Å². The number of thiophene rings is 1. The number of hydrogen-bond acceptors (Lipinski definition) is 6. The highest BCUT2D eigenvalue weighted by molar-refractivity contribution is 7.89. The molecule has 0 aliphatic heterocycles. The number of hydrogen-bond donors (Lipinski definition) is 2. The van der Waals surface area contributed by atoms with Crippen LogP contribution in [-0.2, 0) is 14.8 Å². The molecule has 1 fully saturated rings. The van der Waals surface area contributed by atoms with E-state index in [0.717, 1.165) is 30.6 Å². The molecule has 3 N–H and O–H groups in total. The number of esters is 1. The number of ether oxygens (including phenoxy) is 1. The molecule has 1 aromatic rings. The average molecular weight is 332 g/mol. The van der Waals surface area contributed by atoms with Gasteiger partial charge in [0.25, 0.3) is 0 Å². The van der Waals surface area contributed by atoms with Crippen LogP contribution in [-0.4, -0.2) is 33.6 Å². The van der Waals surface area contributed by atoms with Crippen LogP contribution in [0.3, 0.4) is 0 Å². The summed E-state index contributed by atoms with van der Waals surface area (Å²) in [5.41, 5.74) is 6.43. The molecule has 0 amide bonds. The van der Waals surface area contributed by atoms with Crippen LogP contribution >= 0.6 is 11.3 Å². The Balaban J connectivity index is 2.27. The van der Waals surface area contributed by atoms with Crippen molar-refractivity contribution >= 4 is 27.3 Å². The Bertz CT molecular complexity index is 624. The second-order valence-electron chi connectivity index (χ2n) is 5.31. The predicted molar refractivity (Wildman–Crippen MR) is 80.9 cm³/mol. The number of sulfonamides is 1. The van der Waals surface area contributed by atoms with E-state index in [1.807, 2.05) is 0 Å². The molecule has 6 nitrogen and oxygen atoms in total. The van der Waals surface area contributed by atoms with Gasteiger partial charge in [0.2, 0.25) is 10.0 Å². The molecule has 2 rings (SSSR count). The summed E-state index contributed by atoms with van der Waals surface area (Å²) in [4.78, 5) is 11.9. The molecule has 1 heterocycles. The lowest BCUT2D eigenvalue weighted by Crippen LogP contribution is -2.42. The first-order chi connectivity index (χ1) is 9.85. The van der Waals surface area contributed by atoms with Gasteiger partial charge in [-0.15, -0.1) is 11.3 Å². The van der Waals surface area contributed by atoms with Crippen LogP contribution in [0, 0.1) is 6.92 Å². The van der Waals surface area contributed by atoms with Crippen molar-refractivity contribution in [2.45, 2.75) is 49.6 Å². The van der Waals surface area contributed by atoms with Crippen LogP contribution in [0.15, 0.2) is 10.3 Å². The third-order valence-corrected chi connectivity index (χ3v) is 6.51. The van der Waals surface area contributed by atoms with E-state index in [0.29, 0.717) is 12.0 Å². The third-order valence-electron chi connectivity index (χ3n) is 3.59. The average Bonchev–Trinajstić information content (AvgIpc) is 2.80. The Labute approximate surface area is 128 Å². The maximum Gasteiger partial charge on any atom is 0.349 e. The molecule has 8 heteroatoms. The van der Waals surface area contributed by atoms with Crippen LogP contribution in [0.5, 0.6) is 0 Å². The second-order valence-corrected chi connectivity index (χ2v) is 7.84. The Morgan fingerprint density at radius 1 is 1.48 bits per heavy atom. The number of nitrogens with one attached hydrogen (secondary N) is 1. The molecule has 2 atom stereocenters. The van der Waals surface area contributed by atoms with Crippen LogP contribution in [0.2, 0.25) is 0 Å². The fraction of sp³-hybridized carbons (Fsp3) is 0.615. The van der Waals surface area contributed by atoms with Crippen molar-refractivity contribution in [2.24, 2.45) is 5.73 Å². The van der Waals surface area contributed by atoms with E-state index in [2.05, 4.69) is 9.46 Å². The minimum atomic E-state index is -3.75. The molecule has 0 bridgehead atoms. The monoisotopic (exact) mass is 332 g/mol. The molecule has 1 saturated carbocycles. The number of nitrogens with two attached hydrogens (primary N) is 1. The van der Waals surface area contributed by atoms with Crippen molar-refractivity contribution in [3.05, 3.63) is 15.8 Å². The van der Waals surface area contributed by atoms with Gasteiger partial charge in [-0.2, -0.15) is 0 Å². The first-order valence-corrected chi connectivity index (χ1v) is 9.15. The van der Waals surface area contributed by atoms with Crippen LogP contribution < -0.4 is 10.5 Å². The molecule has 0 radical (unpaired) electrons. The zero-order chi connectivity index (χ0) is 15.6. The van der Waals surface area contributed by atoms with Crippen molar-refractivity contribution in [1.82, 2.24) is 4.72 Å². The minimum absolute atomic E-state index is 0.0232. The SMILES string of the molecule is COC(=O)c1scc(C)c1S(=O)(=O)NC1CCCC(N)C1. The number of carbonyl (C=O) groups is 1. The molecule has 1 aliphatic rings. The first kappa shape index (κ1) is 16.4. The third kappa shape index (κ3) is 3.63. The maximum atomic E-state index is 12.6. The standard InChI is InChI=1S/C13H20N2O4S2/c1-8-7-20-11(13(16)19-2)12(8)21(17,18)15-10-5-3-4-9(14)6-10/h7,9-10,15H,3-6,14H2,1-2H3. The fourth-order valence-electron chi connectivity index (χ4n) is 2.61. The van der Waals surface area contributed by atoms with Gasteiger partial charge < -0.3 is 10.5 Å². The molecule has 0 spiro atoms. The lowest BCUT2D eigenvalue weighted by Gasteiger charge is -2.27. The van der Waals surface area contributed by atoms with Gasteiger partial charge in [-0.05, 0) is 37.1 Å². The van der Waals surface area contributed by atoms with Gasteiger partial charge in [-0.25, -0.2) is 17.9 Å². The molecule has 2 unspecified atom stereocenters. The zero-order valence-corrected chi connectivity index (χ0v) is 13.7. The van der Waals surface area contributed by atoms with Crippen molar-refractivity contribution < 1.29 is 17.9 Å². The largest absolute Gasteiger partial charge is 0.465 e. The van der Waals surface area contributed by atoms with Crippen LogP contribution in [0.25, 0.3) is 0 Å². The van der Waals surface area contributed by atoms with Crippen LogP contribution in [0.1, 0.15) is 40.9 Å². The number of aryl methyl sites for hydroxylation is 1. The Kier molecular flexibility index (Phi) is 5.03. The lowest BCUT2D eigenvalue weighted by atomic mass is 9.92. The smallest absolute Gasteiger partial charge is 0.349 e. The molecule has 118 valence electrons. The van der Waals surface area contributed by atoms with Crippen molar-refractivity contribution in [3.63, 3.8) is 0 Å². The highest BCUT2D eigenvalue weighted by Gasteiger charge is 2.31. The van der Waals surface area contributed by atoms with Crippen LogP contribution in [0.4, 0.5) is 0 Å². The molecule has 21 heavy (non-hydrogen) atoms. The summed E-state index contributed by atoms with van der Waals surface area (Å²) in [6.07, 6.45) is 3.21. The Morgan fingerprint density at radius 3 is 2.81 bits per heavy atom. The summed E-state index contributed by atoms with van der Waals surface area (Å²) in [6, 6.07) is -0.154. The van der Waals surface area contributed by atoms with Crippen molar-refractivity contribution in [3.8, 4) is 0 Å². The first-order valence-electron chi connectivity index (χ1n) is 6.79. The zero-order valence-electron chi connectivity index (χ0n) is 12.1. The molecule has 0 saturated heterocycles. The molecule has 1 aromatic heterocycles. The fourth-order valence-corrected chi connectivity index (χ4v) is 5.60. The summed E-state index contributed by atoms with van der Waals surface area (Å²) in [6.45, 7) is 1.67. The summed E-state index contributed by atoms with van der Waals surface area (Å²) < 4.78 is 32.5. The molecular formula is C13H20N2O4S2. The Morgan fingerprint density at radius 2 is 2.19 bits per heavy atom. The Hall–Kier alpha value is -0.960. The summed E-state index contributed by atoms with van der Waals surface area (Å²) in [5.74, 6) is -0.631. The van der Waals surface area contributed by atoms with Crippen molar-refractivity contribution in [1.29, 1.82) is 0 Å². The second kappa shape index (κ2) is 6.43. The van der Waals surface area contributed by atoms with Gasteiger partial charge in [0, 0.05) is 12.1 Å². The van der Waals surface area contributed by atoms with Crippen molar-refractivity contribution in [2.75, 3.05) is 7.11 Å². The van der Waals surface area contributed by atoms with Gasteiger partial charge in [0.05, 0.1) is 7.11 Å². The van der Waals surface area contributed by atoms with Gasteiger partial charge in [-0.3, -0.25) is 0 Å². The minimum Gasteiger partial charge on any atom is -0.465 e. The molecule has 0 aromatic carbocycles. The summed E-state index contributed by atoms with van der Waals surface area (Å²) in [7, 11) is -2.51. The van der Waals surface area contributed by atoms with E-state index >= 15 is 0 Å². The van der Waals surface area contributed by atoms with E-state index in [4.69, 9.17) is 5.73 Å². The van der Waals surface area contributed by atoms with Gasteiger partial charge >= 0.3 is 5.97 Å². The highest BCUT2D eigenvalue weighted by atomic mass is 32.2. The van der Waals surface area contributed by atoms with E-state index in [1.54, 1.807) is 12.3 Å². The van der Waals surface area contributed by atoms with E-state index in [1.165, 1.54) is 7.11 Å². The quantitative estimate of drug-likeness (QED) is 0.812. The highest BCUT2D eigenvalue weighted by Crippen LogP contribution is 2.28. The number of methoxy groups -OCH3 is 1. The van der Waals surface area contributed by atoms with Gasteiger partial charge in [-0.1, -0.05) is 6.42 Å². The van der Waals surface area contributed by atoms with Gasteiger partial charge in [0.1, 0.15) is 9.77 Å². The van der Waals surface area contributed by atoms with E-state index < -0.39 is 16.0 Å². The predicted octanol–water partition coefficient (Wildman–Crippen LogP) is 1.39. The van der Waals surface area contributed by atoms with E-state index in [9.17, 15) is 13.2 Å². The number of carbonyl (C=O) groups excluding carboxylic acids is 1. The lowest BCUT2D eigenvalue weighted by molar-refractivity contribution is 0.0602. The normalized spacial score (nSPS) is 23.0. The number of rotatable bonds is 4.